The number of halogens is 1. The number of aryl methyl sites for hydroxylation is 1. The molecule has 1 spiro atoms. The third-order valence-corrected chi connectivity index (χ3v) is 8.98. The molecule has 36 heavy (non-hydrogen) atoms. The van der Waals surface area contributed by atoms with Crippen molar-refractivity contribution in [2.45, 2.75) is 76.4 Å². The third kappa shape index (κ3) is 4.18. The second-order valence-corrected chi connectivity index (χ2v) is 12.3. The Hall–Kier alpha value is -2.25. The van der Waals surface area contributed by atoms with Crippen LogP contribution >= 0.6 is 11.6 Å². The molecular weight excluding hydrogens is 476 g/mol. The van der Waals surface area contributed by atoms with E-state index >= 15 is 0 Å². The highest BCUT2D eigenvalue weighted by atomic mass is 35.5. The molecule has 4 heterocycles. The van der Waals surface area contributed by atoms with E-state index < -0.39 is 5.60 Å². The lowest BCUT2D eigenvalue weighted by Gasteiger charge is -2.44. The normalized spacial score (nSPS) is 24.1. The first-order chi connectivity index (χ1) is 17.2. The van der Waals surface area contributed by atoms with Crippen LogP contribution in [0.25, 0.3) is 11.3 Å². The Labute approximate surface area is 218 Å². The summed E-state index contributed by atoms with van der Waals surface area (Å²) in [5, 5.41) is 4.36. The average Bonchev–Trinajstić information content (AvgIpc) is 3.59. The van der Waals surface area contributed by atoms with Gasteiger partial charge in [-0.05, 0) is 76.6 Å². The van der Waals surface area contributed by atoms with E-state index in [9.17, 15) is 4.79 Å². The molecule has 3 fully saturated rings. The van der Waals surface area contributed by atoms with Crippen LogP contribution in [0.2, 0.25) is 5.02 Å². The van der Waals surface area contributed by atoms with Crippen LogP contribution in [-0.4, -0.2) is 52.3 Å². The molecule has 1 aromatic heterocycles. The van der Waals surface area contributed by atoms with Gasteiger partial charge in [0.2, 0.25) is 0 Å². The van der Waals surface area contributed by atoms with E-state index in [-0.39, 0.29) is 11.6 Å². The topological polar surface area (TPSA) is 68.6 Å². The fourth-order valence-electron chi connectivity index (χ4n) is 6.32. The second-order valence-electron chi connectivity index (χ2n) is 11.9. The molecule has 2 saturated heterocycles. The largest absolute Gasteiger partial charge is 0.480 e. The fourth-order valence-corrected chi connectivity index (χ4v) is 6.49. The number of ether oxygens (including phenoxy) is 2. The lowest BCUT2D eigenvalue weighted by Crippen LogP contribution is -2.50. The Morgan fingerprint density at radius 3 is 2.69 bits per heavy atom. The Morgan fingerprint density at radius 2 is 2.00 bits per heavy atom. The maximum Gasteiger partial charge on any atom is 0.409 e. The van der Waals surface area contributed by atoms with Crippen molar-refractivity contribution in [3.63, 3.8) is 0 Å². The summed E-state index contributed by atoms with van der Waals surface area (Å²) in [6.45, 7) is 9.28. The molecule has 1 N–H and O–H groups in total. The van der Waals surface area contributed by atoms with Gasteiger partial charge >= 0.3 is 6.09 Å². The number of hydrogen-bond acceptors (Lipinski definition) is 5. The highest BCUT2D eigenvalue weighted by molar-refractivity contribution is 6.31. The zero-order valence-electron chi connectivity index (χ0n) is 21.8. The third-order valence-electron chi connectivity index (χ3n) is 8.57. The zero-order valence-corrected chi connectivity index (χ0v) is 22.6. The van der Waals surface area contributed by atoms with E-state index in [4.69, 9.17) is 26.1 Å². The highest BCUT2D eigenvalue weighted by Gasteiger charge is 2.48. The van der Waals surface area contributed by atoms with E-state index in [1.807, 2.05) is 24.0 Å². The smallest absolute Gasteiger partial charge is 0.409 e. The number of benzene rings is 1. The van der Waals surface area contributed by atoms with Crippen molar-refractivity contribution in [1.82, 2.24) is 19.8 Å². The van der Waals surface area contributed by atoms with E-state index in [1.165, 1.54) is 12.8 Å². The first-order valence-electron chi connectivity index (χ1n) is 13.4. The van der Waals surface area contributed by atoms with Gasteiger partial charge in [0.15, 0.2) is 5.60 Å². The van der Waals surface area contributed by atoms with E-state index in [2.05, 4.69) is 30.8 Å². The van der Waals surface area contributed by atoms with Crippen molar-refractivity contribution in [3.8, 4) is 17.0 Å². The quantitative estimate of drug-likeness (QED) is 0.586. The molecule has 1 atom stereocenters. The highest BCUT2D eigenvalue weighted by Crippen LogP contribution is 2.51. The molecule has 0 unspecified atom stereocenters. The number of rotatable bonds is 3. The number of amides is 1. The molecule has 3 aliphatic heterocycles. The number of carbonyl (C=O) groups excluding carboxylic acids is 1. The number of imidazole rings is 1. The van der Waals surface area contributed by atoms with Crippen molar-refractivity contribution in [3.05, 3.63) is 34.2 Å². The summed E-state index contributed by atoms with van der Waals surface area (Å²) in [5.74, 6) is 2.89. The Morgan fingerprint density at radius 1 is 1.25 bits per heavy atom. The first kappa shape index (κ1) is 24.1. The molecule has 8 heteroatoms. The van der Waals surface area contributed by atoms with Crippen molar-refractivity contribution in [2.75, 3.05) is 26.2 Å². The number of aromatic nitrogens is 2. The van der Waals surface area contributed by atoms with Gasteiger partial charge in [0.05, 0.1) is 18.0 Å². The number of nitrogens with one attached hydrogen (secondary N) is 1. The number of carbonyl (C=O) groups is 1. The van der Waals surface area contributed by atoms with Crippen LogP contribution in [0.1, 0.15) is 75.4 Å². The van der Waals surface area contributed by atoms with Crippen LogP contribution in [0.15, 0.2) is 12.1 Å². The van der Waals surface area contributed by atoms with Gasteiger partial charge in [-0.15, -0.1) is 0 Å². The summed E-state index contributed by atoms with van der Waals surface area (Å²) < 4.78 is 14.7. The van der Waals surface area contributed by atoms with Crippen molar-refractivity contribution >= 4 is 17.7 Å². The monoisotopic (exact) mass is 512 g/mol. The standard InChI is InChI=1S/C28H37ClN4O3/c1-17-13-22-20(14-21(17)29)23-24(32(4)25(31-23)19-7-10-30-27(2,3)15-19)28(36-22)8-11-33(12-9-28)26(34)35-16-18-5-6-18/h13-14,18-19,30H,5-12,15-16H2,1-4H3/t19-/m1/s1. The summed E-state index contributed by atoms with van der Waals surface area (Å²) in [5.41, 5.74) is 3.61. The van der Waals surface area contributed by atoms with Gasteiger partial charge in [0.25, 0.3) is 0 Å². The molecule has 1 saturated carbocycles. The molecule has 4 aliphatic rings. The van der Waals surface area contributed by atoms with Crippen LogP contribution in [0.3, 0.4) is 0 Å². The molecule has 1 aliphatic carbocycles. The second kappa shape index (κ2) is 8.66. The number of likely N-dealkylation sites (tertiary alicyclic amines) is 1. The van der Waals surface area contributed by atoms with E-state index in [0.717, 1.165) is 58.5 Å². The molecule has 1 amide bonds. The van der Waals surface area contributed by atoms with Gasteiger partial charge in [-0.2, -0.15) is 0 Å². The SMILES string of the molecule is Cc1cc2c(cc1Cl)-c1nc([C@@H]3CCNC(C)(C)C3)n(C)c1C1(CCN(C(=O)OCC3CC3)CC1)O2. The van der Waals surface area contributed by atoms with Crippen LogP contribution in [-0.2, 0) is 17.4 Å². The van der Waals surface area contributed by atoms with Gasteiger partial charge in [-0.3, -0.25) is 0 Å². The molecule has 7 nitrogen and oxygen atoms in total. The first-order valence-corrected chi connectivity index (χ1v) is 13.8. The van der Waals surface area contributed by atoms with Crippen LogP contribution in [0, 0.1) is 12.8 Å². The number of fused-ring (bicyclic) bond motifs is 4. The summed E-state index contributed by atoms with van der Waals surface area (Å²) in [4.78, 5) is 19.8. The molecule has 6 rings (SSSR count). The van der Waals surface area contributed by atoms with Crippen LogP contribution < -0.4 is 10.1 Å². The molecule has 0 bridgehead atoms. The minimum atomic E-state index is -0.529. The lowest BCUT2D eigenvalue weighted by atomic mass is 9.82. The van der Waals surface area contributed by atoms with Gasteiger partial charge in [-0.1, -0.05) is 11.6 Å². The maximum absolute atomic E-state index is 12.7. The fraction of sp³-hybridized carbons (Fsp3) is 0.643. The Balaban J connectivity index is 1.35. The lowest BCUT2D eigenvalue weighted by molar-refractivity contribution is -0.0112. The Kier molecular flexibility index (Phi) is 5.80. The van der Waals surface area contributed by atoms with Crippen molar-refractivity contribution in [1.29, 1.82) is 0 Å². The molecular formula is C28H37ClN4O3. The van der Waals surface area contributed by atoms with Gasteiger partial charge in [0, 0.05) is 55.0 Å². The maximum atomic E-state index is 12.7. The predicted octanol–water partition coefficient (Wildman–Crippen LogP) is 5.52. The minimum Gasteiger partial charge on any atom is -0.480 e. The van der Waals surface area contributed by atoms with E-state index in [0.29, 0.717) is 44.4 Å². The zero-order chi connectivity index (χ0) is 25.2. The van der Waals surface area contributed by atoms with Crippen molar-refractivity contribution < 1.29 is 14.3 Å². The summed E-state index contributed by atoms with van der Waals surface area (Å²) in [7, 11) is 2.14. The average molecular weight is 513 g/mol. The minimum absolute atomic E-state index is 0.0774. The van der Waals surface area contributed by atoms with Gasteiger partial charge in [0.1, 0.15) is 11.6 Å². The summed E-state index contributed by atoms with van der Waals surface area (Å²) in [6.07, 6.45) is 5.65. The predicted molar refractivity (Wildman–Crippen MR) is 140 cm³/mol. The molecule has 0 radical (unpaired) electrons. The molecule has 2 aromatic rings. The Bertz CT molecular complexity index is 1190. The number of hydrogen-bond donors (Lipinski definition) is 1. The summed E-state index contributed by atoms with van der Waals surface area (Å²) >= 11 is 6.58. The van der Waals surface area contributed by atoms with Crippen molar-refractivity contribution in [2.24, 2.45) is 13.0 Å². The molecule has 194 valence electrons. The van der Waals surface area contributed by atoms with Gasteiger partial charge in [-0.25, -0.2) is 9.78 Å². The van der Waals surface area contributed by atoms with Crippen LogP contribution in [0.4, 0.5) is 4.79 Å². The number of nitrogens with zero attached hydrogens (tertiary/aromatic N) is 3. The molecule has 1 aromatic carbocycles. The van der Waals surface area contributed by atoms with Crippen LogP contribution in [0.5, 0.6) is 5.75 Å². The van der Waals surface area contributed by atoms with Gasteiger partial charge < -0.3 is 24.3 Å². The summed E-state index contributed by atoms with van der Waals surface area (Å²) in [6, 6.07) is 4.05. The number of piperidine rings is 2. The van der Waals surface area contributed by atoms with E-state index in [1.54, 1.807) is 0 Å².